The molecule has 1 heterocycles. The van der Waals surface area contributed by atoms with Crippen molar-refractivity contribution in [1.29, 1.82) is 0 Å². The number of thiazole rings is 1. The van der Waals surface area contributed by atoms with Gasteiger partial charge >= 0.3 is 0 Å². The number of amides is 1. The van der Waals surface area contributed by atoms with E-state index in [2.05, 4.69) is 16.4 Å². The first kappa shape index (κ1) is 14.8. The summed E-state index contributed by atoms with van der Waals surface area (Å²) in [6.07, 6.45) is 4.87. The average molecular weight is 328 g/mol. The molecule has 0 spiro atoms. The third-order valence-corrected chi connectivity index (χ3v) is 5.70. The minimum Gasteiger partial charge on any atom is -0.383 e. The summed E-state index contributed by atoms with van der Waals surface area (Å²) in [5.41, 5.74) is 3.86. The van der Waals surface area contributed by atoms with Crippen LogP contribution in [0, 0.1) is 0 Å². The fraction of sp³-hybridized carbons (Fsp3) is 0.444. The molecule has 2 aromatic rings. The van der Waals surface area contributed by atoms with Crippen LogP contribution >= 0.6 is 11.3 Å². The highest BCUT2D eigenvalue weighted by molar-refractivity contribution is 7.11. The van der Waals surface area contributed by atoms with Crippen LogP contribution in [0.15, 0.2) is 29.8 Å². The van der Waals surface area contributed by atoms with Crippen LogP contribution in [0.25, 0.3) is 0 Å². The van der Waals surface area contributed by atoms with Gasteiger partial charge in [0.1, 0.15) is 10.5 Å². The Bertz CT molecular complexity index is 738. The summed E-state index contributed by atoms with van der Waals surface area (Å²) in [5.74, 6) is 0.353. The van der Waals surface area contributed by atoms with Crippen LogP contribution in [0.4, 0.5) is 0 Å². The van der Waals surface area contributed by atoms with Gasteiger partial charge in [-0.25, -0.2) is 4.98 Å². The monoisotopic (exact) mass is 328 g/mol. The first-order valence-electron chi connectivity index (χ1n) is 8.20. The van der Waals surface area contributed by atoms with Crippen molar-refractivity contribution in [3.05, 3.63) is 51.5 Å². The van der Waals surface area contributed by atoms with Crippen molar-refractivity contribution in [1.82, 2.24) is 10.3 Å². The summed E-state index contributed by atoms with van der Waals surface area (Å²) in [7, 11) is 0. The Morgan fingerprint density at radius 2 is 2.22 bits per heavy atom. The molecule has 0 saturated heterocycles. The van der Waals surface area contributed by atoms with Crippen molar-refractivity contribution in [2.45, 2.75) is 43.6 Å². The molecule has 1 aromatic heterocycles. The molecule has 2 N–H and O–H groups in total. The van der Waals surface area contributed by atoms with Gasteiger partial charge in [-0.3, -0.25) is 4.79 Å². The van der Waals surface area contributed by atoms with Gasteiger partial charge in [0, 0.05) is 5.92 Å². The number of aryl methyl sites for hydroxylation is 1. The Hall–Kier alpha value is -1.72. The third kappa shape index (κ3) is 2.79. The maximum atomic E-state index is 12.5. The van der Waals surface area contributed by atoms with Crippen LogP contribution in [0.2, 0.25) is 0 Å². The molecule has 2 aliphatic rings. The van der Waals surface area contributed by atoms with E-state index in [0.717, 1.165) is 36.9 Å². The number of hydrogen-bond donors (Lipinski definition) is 2. The smallest absolute Gasteiger partial charge is 0.263 e. The summed E-state index contributed by atoms with van der Waals surface area (Å²) in [5, 5.41) is 14.0. The van der Waals surface area contributed by atoms with E-state index in [0.29, 0.717) is 17.2 Å². The molecule has 0 unspecified atom stereocenters. The first-order chi connectivity index (χ1) is 11.2. The lowest BCUT2D eigenvalue weighted by Gasteiger charge is -2.34. The molecule has 0 radical (unpaired) electrons. The van der Waals surface area contributed by atoms with E-state index in [1.807, 2.05) is 18.2 Å². The number of aromatic nitrogens is 1. The second-order valence-corrected chi connectivity index (χ2v) is 7.42. The summed E-state index contributed by atoms with van der Waals surface area (Å²) in [6.45, 7) is 0.255. The summed E-state index contributed by atoms with van der Waals surface area (Å²) >= 11 is 1.39. The Kier molecular flexibility index (Phi) is 3.70. The molecular weight excluding hydrogens is 308 g/mol. The lowest BCUT2D eigenvalue weighted by atomic mass is 9.79. The number of nitrogens with zero attached hydrogens (tertiary/aromatic N) is 1. The molecule has 0 bridgehead atoms. The molecule has 120 valence electrons. The van der Waals surface area contributed by atoms with Crippen LogP contribution in [0.5, 0.6) is 0 Å². The molecule has 1 aromatic carbocycles. The topological polar surface area (TPSA) is 62.2 Å². The van der Waals surface area contributed by atoms with Gasteiger partial charge in [-0.2, -0.15) is 0 Å². The van der Waals surface area contributed by atoms with Crippen LogP contribution in [-0.2, 0) is 12.0 Å². The van der Waals surface area contributed by atoms with Crippen LogP contribution in [0.3, 0.4) is 0 Å². The van der Waals surface area contributed by atoms with Gasteiger partial charge in [-0.1, -0.05) is 24.3 Å². The van der Waals surface area contributed by atoms with Gasteiger partial charge in [0.2, 0.25) is 0 Å². The van der Waals surface area contributed by atoms with E-state index in [9.17, 15) is 9.90 Å². The van der Waals surface area contributed by atoms with E-state index in [1.54, 1.807) is 5.51 Å². The highest BCUT2D eigenvalue weighted by Crippen LogP contribution is 2.42. The quantitative estimate of drug-likeness (QED) is 0.907. The van der Waals surface area contributed by atoms with Crippen molar-refractivity contribution in [3.8, 4) is 0 Å². The van der Waals surface area contributed by atoms with Crippen LogP contribution in [0.1, 0.15) is 58.1 Å². The molecule has 5 heteroatoms. The lowest BCUT2D eigenvalue weighted by molar-refractivity contribution is 0.0190. The SMILES string of the molecule is O=C(NC[C@@]1(O)CCCc2ccccc21)c1scnc1C1CC1. The van der Waals surface area contributed by atoms with Crippen LogP contribution < -0.4 is 5.32 Å². The number of carbonyl (C=O) groups excluding carboxylic acids is 1. The van der Waals surface area contributed by atoms with Gasteiger partial charge in [0.05, 0.1) is 17.7 Å². The van der Waals surface area contributed by atoms with E-state index in [-0.39, 0.29) is 12.5 Å². The summed E-state index contributed by atoms with van der Waals surface area (Å²) < 4.78 is 0. The standard InChI is InChI=1S/C18H20N2O2S/c21-17(16-15(13-7-8-13)20-11-23-16)19-10-18(22)9-3-5-12-4-1-2-6-14(12)18/h1-2,4,6,11,13,22H,3,5,7-10H2,(H,19,21)/t18-/m0/s1. The number of rotatable bonds is 4. The zero-order chi connectivity index (χ0) is 15.9. The van der Waals surface area contributed by atoms with Gasteiger partial charge in [-0.05, 0) is 43.2 Å². The fourth-order valence-corrected chi connectivity index (χ4v) is 4.25. The highest BCUT2D eigenvalue weighted by atomic mass is 32.1. The Balaban J connectivity index is 1.50. The predicted molar refractivity (Wildman–Crippen MR) is 89.7 cm³/mol. The second kappa shape index (κ2) is 5.73. The Labute approximate surface area is 139 Å². The molecule has 4 rings (SSSR count). The van der Waals surface area contributed by atoms with Gasteiger partial charge in [0.25, 0.3) is 5.91 Å². The lowest BCUT2D eigenvalue weighted by Crippen LogP contribution is -2.43. The number of hydrogen-bond acceptors (Lipinski definition) is 4. The minimum atomic E-state index is -0.963. The minimum absolute atomic E-state index is 0.106. The number of aliphatic hydroxyl groups is 1. The zero-order valence-electron chi connectivity index (χ0n) is 12.9. The number of fused-ring (bicyclic) bond motifs is 1. The average Bonchev–Trinajstić information content (AvgIpc) is 3.30. The summed E-state index contributed by atoms with van der Waals surface area (Å²) in [6, 6.07) is 7.99. The van der Waals surface area contributed by atoms with E-state index in [1.165, 1.54) is 16.9 Å². The predicted octanol–water partition coefficient (Wildman–Crippen LogP) is 2.97. The maximum absolute atomic E-state index is 12.5. The maximum Gasteiger partial charge on any atom is 0.263 e. The zero-order valence-corrected chi connectivity index (χ0v) is 13.7. The molecule has 4 nitrogen and oxygen atoms in total. The van der Waals surface area contributed by atoms with Gasteiger partial charge in [-0.15, -0.1) is 11.3 Å². The molecule has 0 aliphatic heterocycles. The molecular formula is C18H20N2O2S. The van der Waals surface area contributed by atoms with Crippen molar-refractivity contribution in [2.75, 3.05) is 6.54 Å². The second-order valence-electron chi connectivity index (χ2n) is 6.57. The van der Waals surface area contributed by atoms with Crippen molar-refractivity contribution < 1.29 is 9.90 Å². The van der Waals surface area contributed by atoms with Crippen molar-refractivity contribution in [2.24, 2.45) is 0 Å². The molecule has 2 aliphatic carbocycles. The van der Waals surface area contributed by atoms with E-state index < -0.39 is 5.60 Å². The van der Waals surface area contributed by atoms with E-state index in [4.69, 9.17) is 0 Å². The van der Waals surface area contributed by atoms with E-state index >= 15 is 0 Å². The van der Waals surface area contributed by atoms with Gasteiger partial charge in [0.15, 0.2) is 0 Å². The number of nitrogens with one attached hydrogen (secondary N) is 1. The largest absolute Gasteiger partial charge is 0.383 e. The fourth-order valence-electron chi connectivity index (χ4n) is 3.46. The molecule has 23 heavy (non-hydrogen) atoms. The summed E-state index contributed by atoms with van der Waals surface area (Å²) in [4.78, 5) is 17.6. The third-order valence-electron chi connectivity index (χ3n) is 4.86. The Morgan fingerprint density at radius 1 is 1.39 bits per heavy atom. The number of carbonyl (C=O) groups is 1. The van der Waals surface area contributed by atoms with Crippen molar-refractivity contribution >= 4 is 17.2 Å². The Morgan fingerprint density at radius 3 is 3.04 bits per heavy atom. The van der Waals surface area contributed by atoms with Gasteiger partial charge < -0.3 is 10.4 Å². The normalized spacial score (nSPS) is 23.3. The molecule has 1 saturated carbocycles. The first-order valence-corrected chi connectivity index (χ1v) is 9.08. The van der Waals surface area contributed by atoms with Crippen molar-refractivity contribution in [3.63, 3.8) is 0 Å². The molecule has 1 fully saturated rings. The highest BCUT2D eigenvalue weighted by Gasteiger charge is 2.35. The molecule has 1 atom stereocenters. The molecule has 1 amide bonds. The van der Waals surface area contributed by atoms with Crippen LogP contribution in [-0.4, -0.2) is 22.5 Å². The number of benzene rings is 1.